The number of aromatic nitrogens is 4. The predicted octanol–water partition coefficient (Wildman–Crippen LogP) is 2.78. The first kappa shape index (κ1) is 25.9. The van der Waals surface area contributed by atoms with Crippen LogP contribution in [0.5, 0.6) is 0 Å². The van der Waals surface area contributed by atoms with Crippen molar-refractivity contribution in [1.29, 1.82) is 0 Å². The number of aromatic amines is 1. The van der Waals surface area contributed by atoms with E-state index in [1.54, 1.807) is 37.4 Å². The van der Waals surface area contributed by atoms with Gasteiger partial charge in [-0.25, -0.2) is 17.9 Å². The van der Waals surface area contributed by atoms with E-state index in [9.17, 15) is 22.0 Å². The third kappa shape index (κ3) is 5.62. The zero-order valence-electron chi connectivity index (χ0n) is 19.8. The summed E-state index contributed by atoms with van der Waals surface area (Å²) < 4.78 is 63.0. The van der Waals surface area contributed by atoms with Crippen LogP contribution < -0.4 is 14.7 Å². The van der Waals surface area contributed by atoms with E-state index in [2.05, 4.69) is 25.6 Å². The van der Waals surface area contributed by atoms with Crippen molar-refractivity contribution in [3.63, 3.8) is 0 Å². The fraction of sp³-hybridized carbons (Fsp3) is 0.167. The number of halogens is 2. The number of hydrogen-bond acceptors (Lipinski definition) is 7. The lowest BCUT2D eigenvalue weighted by molar-refractivity contribution is -0.721. The fourth-order valence-corrected chi connectivity index (χ4v) is 4.23. The zero-order valence-corrected chi connectivity index (χ0v) is 20.6. The first-order chi connectivity index (χ1) is 17.6. The van der Waals surface area contributed by atoms with Crippen molar-refractivity contribution in [3.05, 3.63) is 83.9 Å². The van der Waals surface area contributed by atoms with Gasteiger partial charge in [-0.1, -0.05) is 42.5 Å². The van der Waals surface area contributed by atoms with E-state index in [0.717, 1.165) is 12.1 Å². The Labute approximate surface area is 211 Å². The molecule has 3 aromatic carbocycles. The highest BCUT2D eigenvalue weighted by Crippen LogP contribution is 2.34. The van der Waals surface area contributed by atoms with Crippen LogP contribution in [0.1, 0.15) is 11.1 Å². The molecule has 1 aromatic heterocycles. The van der Waals surface area contributed by atoms with E-state index in [4.69, 9.17) is 4.74 Å². The molecule has 0 fully saturated rings. The number of nitrogens with one attached hydrogen (secondary N) is 3. The number of H-pyrrole nitrogens is 1. The maximum absolute atomic E-state index is 14.9. The molecule has 0 bridgehead atoms. The summed E-state index contributed by atoms with van der Waals surface area (Å²) in [6.07, 6.45) is 0. The minimum Gasteiger partial charge on any atom is -0.456 e. The van der Waals surface area contributed by atoms with Gasteiger partial charge in [0.05, 0.1) is 33.5 Å². The van der Waals surface area contributed by atoms with E-state index in [0.29, 0.717) is 22.6 Å². The third-order valence-electron chi connectivity index (χ3n) is 5.44. The maximum atomic E-state index is 14.9. The summed E-state index contributed by atoms with van der Waals surface area (Å²) in [5.74, 6) is -5.29. The second kappa shape index (κ2) is 10.4. The first-order valence-electron chi connectivity index (χ1n) is 10.9. The zero-order chi connectivity index (χ0) is 26.6. The van der Waals surface area contributed by atoms with Crippen molar-refractivity contribution >= 4 is 27.4 Å². The van der Waals surface area contributed by atoms with Crippen LogP contribution in [0.25, 0.3) is 11.4 Å². The Morgan fingerprint density at radius 2 is 1.84 bits per heavy atom. The van der Waals surface area contributed by atoms with E-state index >= 15 is 0 Å². The first-order valence-corrected chi connectivity index (χ1v) is 12.4. The summed E-state index contributed by atoms with van der Waals surface area (Å²) in [5, 5.41) is 13.4. The molecule has 0 aliphatic carbocycles. The van der Waals surface area contributed by atoms with Gasteiger partial charge in [0.25, 0.3) is 0 Å². The van der Waals surface area contributed by atoms with Crippen LogP contribution in [-0.2, 0) is 39.1 Å². The summed E-state index contributed by atoms with van der Waals surface area (Å²) in [6.45, 7) is -0.285. The minimum atomic E-state index is -3.90. The molecular weight excluding hydrogens is 506 g/mol. The highest BCUT2D eigenvalue weighted by molar-refractivity contribution is 7.89. The van der Waals surface area contributed by atoms with E-state index < -0.39 is 27.5 Å². The Morgan fingerprint density at radius 1 is 1.08 bits per heavy atom. The Bertz CT molecular complexity index is 1530. The minimum absolute atomic E-state index is 0.0278. The van der Waals surface area contributed by atoms with E-state index in [1.807, 2.05) is 0 Å². The van der Waals surface area contributed by atoms with Crippen LogP contribution >= 0.6 is 0 Å². The van der Waals surface area contributed by atoms with Crippen molar-refractivity contribution in [2.24, 2.45) is 7.05 Å². The number of hydrogen-bond donors (Lipinski definition) is 3. The summed E-state index contributed by atoms with van der Waals surface area (Å²) in [5.41, 5.74) is 0.946. The molecule has 0 saturated carbocycles. The van der Waals surface area contributed by atoms with Crippen LogP contribution in [0.15, 0.2) is 77.7 Å². The molecule has 4 aromatic rings. The van der Waals surface area contributed by atoms with Crippen LogP contribution in [0.2, 0.25) is 0 Å². The quantitative estimate of drug-likeness (QED) is 0.225. The highest BCUT2D eigenvalue weighted by atomic mass is 32.2. The fourth-order valence-electron chi connectivity index (χ4n) is 3.47. The smallest absolute Gasteiger partial charge is 0.382 e. The van der Waals surface area contributed by atoms with Crippen LogP contribution in [-0.4, -0.2) is 37.0 Å². The molecule has 0 aliphatic rings. The van der Waals surface area contributed by atoms with Crippen molar-refractivity contribution in [1.82, 2.24) is 20.2 Å². The number of sulfonamides is 1. The summed E-state index contributed by atoms with van der Waals surface area (Å²) in [7, 11) is -0.885. The number of esters is 1. The Morgan fingerprint density at radius 3 is 2.51 bits per heavy atom. The molecule has 1 heterocycles. The van der Waals surface area contributed by atoms with Gasteiger partial charge in [-0.3, -0.25) is 0 Å². The van der Waals surface area contributed by atoms with Gasteiger partial charge in [0.2, 0.25) is 10.0 Å². The topological polar surface area (TPSA) is 130 Å². The van der Waals surface area contributed by atoms with Crippen LogP contribution in [0, 0.1) is 0 Å². The van der Waals surface area contributed by atoms with Gasteiger partial charge in [0, 0.05) is 11.3 Å². The summed E-state index contributed by atoms with van der Waals surface area (Å²) in [6, 6.07) is 17.9. The molecule has 0 radical (unpaired) electrons. The molecule has 0 aliphatic heterocycles. The standard InChI is InChI=1S/C24H22F2N6O4S/c1-27-37(34,35)19-11-12-21(20(14-19)22-29-30-31-32(22)2)28-18-10-6-9-17(13-18)24(25,26)23(33)36-15-16-7-4-3-5-8-16/h3-14,27H,15H2,1-2H3,(H,28,29,31)/p+1. The number of aryl methyl sites for hydroxylation is 1. The number of nitrogens with zero attached hydrogens (tertiary/aromatic N) is 3. The summed E-state index contributed by atoms with van der Waals surface area (Å²) >= 11 is 0. The monoisotopic (exact) mass is 529 g/mol. The highest BCUT2D eigenvalue weighted by Gasteiger charge is 2.43. The van der Waals surface area contributed by atoms with Gasteiger partial charge in [0.1, 0.15) is 6.61 Å². The number of tetrazole rings is 1. The van der Waals surface area contributed by atoms with Gasteiger partial charge in [0.15, 0.2) is 0 Å². The van der Waals surface area contributed by atoms with Gasteiger partial charge in [-0.2, -0.15) is 8.78 Å². The van der Waals surface area contributed by atoms with Crippen LogP contribution in [0.3, 0.4) is 0 Å². The van der Waals surface area contributed by atoms with E-state index in [-0.39, 0.29) is 17.2 Å². The summed E-state index contributed by atoms with van der Waals surface area (Å²) in [4.78, 5) is 12.2. The number of carbonyl (C=O) groups excluding carboxylic acids is 1. The SMILES string of the molecule is CNS(=O)(=O)c1ccc(Nc2cccc(C(F)(F)C(=O)OCc3ccccc3)c2)c(-c2n[nH]n[n+]2C)c1. The molecule has 37 heavy (non-hydrogen) atoms. The van der Waals surface area contributed by atoms with Gasteiger partial charge in [-0.05, 0) is 48.2 Å². The number of anilines is 2. The Hall–Kier alpha value is -4.23. The molecule has 0 unspecified atom stereocenters. The molecule has 0 spiro atoms. The number of ether oxygens (including phenoxy) is 1. The third-order valence-corrected chi connectivity index (χ3v) is 6.85. The second-order valence-electron chi connectivity index (χ2n) is 7.92. The molecule has 0 amide bonds. The lowest BCUT2D eigenvalue weighted by Gasteiger charge is -2.17. The average Bonchev–Trinajstić information content (AvgIpc) is 3.33. The van der Waals surface area contributed by atoms with Crippen molar-refractivity contribution in [3.8, 4) is 11.4 Å². The Kier molecular flexibility index (Phi) is 7.27. The van der Waals surface area contributed by atoms with Crippen LogP contribution in [0.4, 0.5) is 20.2 Å². The van der Waals surface area contributed by atoms with Crippen molar-refractivity contribution < 1.29 is 31.4 Å². The number of benzene rings is 3. The normalized spacial score (nSPS) is 11.8. The molecule has 0 saturated heterocycles. The lowest BCUT2D eigenvalue weighted by Crippen LogP contribution is -2.32. The van der Waals surface area contributed by atoms with Gasteiger partial charge >= 0.3 is 17.7 Å². The number of carbonyl (C=O) groups is 1. The molecular formula is C24H23F2N6O4S+. The van der Waals surface area contributed by atoms with Gasteiger partial charge in [-0.15, -0.1) is 4.68 Å². The largest absolute Gasteiger partial charge is 0.456 e. The molecule has 0 atom stereocenters. The number of rotatable bonds is 9. The second-order valence-corrected chi connectivity index (χ2v) is 9.80. The molecule has 3 N–H and O–H groups in total. The molecule has 10 nitrogen and oxygen atoms in total. The average molecular weight is 530 g/mol. The molecule has 4 rings (SSSR count). The van der Waals surface area contributed by atoms with Crippen molar-refractivity contribution in [2.45, 2.75) is 17.4 Å². The molecule has 13 heteroatoms. The Balaban J connectivity index is 1.62. The van der Waals surface area contributed by atoms with E-state index in [1.165, 1.54) is 42.1 Å². The number of alkyl halides is 2. The lowest BCUT2D eigenvalue weighted by atomic mass is 10.1. The predicted molar refractivity (Wildman–Crippen MR) is 129 cm³/mol. The molecule has 192 valence electrons. The van der Waals surface area contributed by atoms with Crippen molar-refractivity contribution in [2.75, 3.05) is 12.4 Å². The van der Waals surface area contributed by atoms with Gasteiger partial charge < -0.3 is 10.1 Å². The maximum Gasteiger partial charge on any atom is 0.382 e.